The first-order valence-electron chi connectivity index (χ1n) is 8.50. The highest BCUT2D eigenvalue weighted by molar-refractivity contribution is 8.00. The summed E-state index contributed by atoms with van der Waals surface area (Å²) in [4.78, 5) is 15.5. The molecule has 0 amide bonds. The van der Waals surface area contributed by atoms with Gasteiger partial charge in [-0.1, -0.05) is 29.8 Å². The lowest BCUT2D eigenvalue weighted by Gasteiger charge is -1.99. The van der Waals surface area contributed by atoms with Crippen molar-refractivity contribution in [1.82, 2.24) is 4.98 Å². The number of benzene rings is 1. The first kappa shape index (κ1) is 20.3. The van der Waals surface area contributed by atoms with Crippen LogP contribution in [0.3, 0.4) is 0 Å². The molecule has 2 aromatic rings. The fraction of sp³-hybridized carbons (Fsp3) is 0.400. The van der Waals surface area contributed by atoms with Crippen LogP contribution in [0.2, 0.25) is 0 Å². The summed E-state index contributed by atoms with van der Waals surface area (Å²) in [6, 6.07) is 8.13. The van der Waals surface area contributed by atoms with E-state index in [0.717, 1.165) is 22.8 Å². The maximum atomic E-state index is 10.9. The van der Waals surface area contributed by atoms with Crippen molar-refractivity contribution in [3.8, 4) is 11.5 Å². The van der Waals surface area contributed by atoms with Crippen LogP contribution in [-0.2, 0) is 20.7 Å². The number of nitrogens with zero attached hydrogens (tertiary/aromatic N) is 1. The summed E-state index contributed by atoms with van der Waals surface area (Å²) >= 11 is 1.51. The van der Waals surface area contributed by atoms with E-state index >= 15 is 0 Å². The molecule has 140 valence electrons. The van der Waals surface area contributed by atoms with Gasteiger partial charge in [-0.15, -0.1) is 11.8 Å². The number of aromatic nitrogens is 1. The molecule has 0 atom stereocenters. The Balaban J connectivity index is 1.68. The van der Waals surface area contributed by atoms with Crippen molar-refractivity contribution in [2.24, 2.45) is 0 Å². The monoisotopic (exact) mass is 375 g/mol. The van der Waals surface area contributed by atoms with Crippen LogP contribution >= 0.6 is 11.8 Å². The van der Waals surface area contributed by atoms with Gasteiger partial charge in [0.1, 0.15) is 5.76 Å². The summed E-state index contributed by atoms with van der Waals surface area (Å²) in [5, 5.41) is 0. The van der Waals surface area contributed by atoms with Crippen molar-refractivity contribution in [2.45, 2.75) is 20.3 Å². The third-order valence-corrected chi connectivity index (χ3v) is 4.58. The Bertz CT molecular complexity index is 722. The van der Waals surface area contributed by atoms with Gasteiger partial charge in [-0.05, 0) is 26.0 Å². The summed E-state index contributed by atoms with van der Waals surface area (Å²) in [6.45, 7) is 5.11. The fourth-order valence-corrected chi connectivity index (χ4v) is 2.88. The Labute approximate surface area is 158 Å². The van der Waals surface area contributed by atoms with Crippen LogP contribution in [0.4, 0.5) is 0 Å². The van der Waals surface area contributed by atoms with Gasteiger partial charge in [0.05, 0.1) is 31.8 Å². The Kier molecular flexibility index (Phi) is 8.44. The van der Waals surface area contributed by atoms with E-state index in [1.807, 2.05) is 43.3 Å². The van der Waals surface area contributed by atoms with E-state index in [9.17, 15) is 4.79 Å². The van der Waals surface area contributed by atoms with Crippen LogP contribution in [0.1, 0.15) is 17.0 Å². The quantitative estimate of drug-likeness (QED) is 0.356. The molecule has 0 aliphatic rings. The number of rotatable bonds is 10. The molecule has 0 aliphatic heterocycles. The smallest absolute Gasteiger partial charge is 0.315 e. The van der Waals surface area contributed by atoms with Crippen molar-refractivity contribution < 1.29 is 18.7 Å². The number of hydrogen-bond donors (Lipinski definition) is 0. The van der Waals surface area contributed by atoms with E-state index in [2.05, 4.69) is 16.6 Å². The molecule has 1 aromatic carbocycles. The lowest BCUT2D eigenvalue weighted by Crippen LogP contribution is -2.03. The van der Waals surface area contributed by atoms with Crippen LogP contribution in [0, 0.1) is 13.8 Å². The number of carbonyl (C=O) groups excluding carboxylic acids is 1. The van der Waals surface area contributed by atoms with Gasteiger partial charge >= 0.3 is 5.97 Å². The van der Waals surface area contributed by atoms with Crippen LogP contribution in [-0.4, -0.2) is 42.8 Å². The van der Waals surface area contributed by atoms with E-state index in [1.165, 1.54) is 24.4 Å². The minimum absolute atomic E-state index is 0.201. The first-order valence-corrected chi connectivity index (χ1v) is 9.66. The number of esters is 1. The van der Waals surface area contributed by atoms with Crippen molar-refractivity contribution >= 4 is 17.7 Å². The molecule has 0 saturated heterocycles. The van der Waals surface area contributed by atoms with Gasteiger partial charge in [-0.25, -0.2) is 4.98 Å². The van der Waals surface area contributed by atoms with E-state index in [1.54, 1.807) is 0 Å². The van der Waals surface area contributed by atoms with Crippen LogP contribution in [0.15, 0.2) is 40.8 Å². The van der Waals surface area contributed by atoms with E-state index < -0.39 is 0 Å². The van der Waals surface area contributed by atoms with Gasteiger partial charge in [0.2, 0.25) is 5.89 Å². The standard InChI is InChI=1S/C20H25NO4S/c1-15-6-8-17(9-7-15)20-21-18(16(2)25-20)10-12-24-11-4-5-13-26-14-19(22)23-3/h4-9H,10-14H2,1-3H3. The van der Waals surface area contributed by atoms with E-state index in [-0.39, 0.29) is 5.97 Å². The number of methoxy groups -OCH3 is 1. The molecule has 1 heterocycles. The largest absolute Gasteiger partial charge is 0.468 e. The molecule has 0 unspecified atom stereocenters. The van der Waals surface area contributed by atoms with Gasteiger partial charge in [0.25, 0.3) is 0 Å². The van der Waals surface area contributed by atoms with E-state index in [4.69, 9.17) is 9.15 Å². The summed E-state index contributed by atoms with van der Waals surface area (Å²) in [5.41, 5.74) is 3.12. The zero-order valence-corrected chi connectivity index (χ0v) is 16.3. The van der Waals surface area contributed by atoms with E-state index in [0.29, 0.717) is 31.3 Å². The van der Waals surface area contributed by atoms with Gasteiger partial charge in [-0.2, -0.15) is 0 Å². The molecule has 0 bridgehead atoms. The maximum absolute atomic E-state index is 10.9. The number of carbonyl (C=O) groups is 1. The zero-order chi connectivity index (χ0) is 18.8. The molecule has 26 heavy (non-hydrogen) atoms. The summed E-state index contributed by atoms with van der Waals surface area (Å²) in [7, 11) is 1.40. The first-order chi connectivity index (χ1) is 12.6. The highest BCUT2D eigenvalue weighted by Crippen LogP contribution is 2.22. The predicted octanol–water partition coefficient (Wildman–Crippen LogP) is 3.98. The van der Waals surface area contributed by atoms with Gasteiger partial charge in [0, 0.05) is 17.7 Å². The number of oxazole rings is 1. The molecule has 0 saturated carbocycles. The molecular weight excluding hydrogens is 350 g/mol. The van der Waals surface area contributed by atoms with Crippen LogP contribution in [0.5, 0.6) is 0 Å². The molecular formula is C20H25NO4S. The molecule has 0 aliphatic carbocycles. The summed E-state index contributed by atoms with van der Waals surface area (Å²) < 4.78 is 15.9. The van der Waals surface area contributed by atoms with Crippen molar-refractivity contribution in [3.63, 3.8) is 0 Å². The minimum Gasteiger partial charge on any atom is -0.468 e. The predicted molar refractivity (Wildman–Crippen MR) is 104 cm³/mol. The zero-order valence-electron chi connectivity index (χ0n) is 15.5. The number of hydrogen-bond acceptors (Lipinski definition) is 6. The second-order valence-corrected chi connectivity index (χ2v) is 6.81. The second kappa shape index (κ2) is 10.8. The van der Waals surface area contributed by atoms with Crippen molar-refractivity contribution in [2.75, 3.05) is 31.8 Å². The Morgan fingerprint density at radius 3 is 2.73 bits per heavy atom. The van der Waals surface area contributed by atoms with Crippen molar-refractivity contribution in [1.29, 1.82) is 0 Å². The highest BCUT2D eigenvalue weighted by atomic mass is 32.2. The average molecular weight is 375 g/mol. The number of thioether (sulfide) groups is 1. The van der Waals surface area contributed by atoms with Crippen molar-refractivity contribution in [3.05, 3.63) is 53.4 Å². The molecule has 6 heteroatoms. The number of aryl methyl sites for hydroxylation is 2. The SMILES string of the molecule is COC(=O)CSCC=CCOCCc1nc(-c2ccc(C)cc2)oc1C. The fourth-order valence-electron chi connectivity index (χ4n) is 2.21. The minimum atomic E-state index is -0.201. The summed E-state index contributed by atoms with van der Waals surface area (Å²) in [5.74, 6) is 2.42. The molecule has 0 N–H and O–H groups in total. The average Bonchev–Trinajstić information content (AvgIpc) is 3.01. The Morgan fingerprint density at radius 1 is 1.23 bits per heavy atom. The summed E-state index contributed by atoms with van der Waals surface area (Å²) in [6.07, 6.45) is 4.66. The van der Waals surface area contributed by atoms with Crippen LogP contribution in [0.25, 0.3) is 11.5 Å². The van der Waals surface area contributed by atoms with Crippen LogP contribution < -0.4 is 0 Å². The number of ether oxygens (including phenoxy) is 2. The highest BCUT2D eigenvalue weighted by Gasteiger charge is 2.11. The second-order valence-electron chi connectivity index (χ2n) is 5.78. The lowest BCUT2D eigenvalue weighted by molar-refractivity contribution is -0.137. The maximum Gasteiger partial charge on any atom is 0.315 e. The molecule has 0 spiro atoms. The van der Waals surface area contributed by atoms with Gasteiger partial charge < -0.3 is 13.9 Å². The molecule has 0 radical (unpaired) electrons. The molecule has 5 nitrogen and oxygen atoms in total. The Morgan fingerprint density at radius 2 is 2.00 bits per heavy atom. The Hall–Kier alpha value is -2.05. The molecule has 1 aromatic heterocycles. The topological polar surface area (TPSA) is 61.6 Å². The molecule has 2 rings (SSSR count). The normalized spacial score (nSPS) is 11.2. The third-order valence-electron chi connectivity index (χ3n) is 3.72. The molecule has 0 fully saturated rings. The lowest BCUT2D eigenvalue weighted by atomic mass is 10.1. The van der Waals surface area contributed by atoms with Gasteiger partial charge in [0.15, 0.2) is 0 Å². The third kappa shape index (κ3) is 6.69. The van der Waals surface area contributed by atoms with Gasteiger partial charge in [-0.3, -0.25) is 4.79 Å².